The lowest BCUT2D eigenvalue weighted by Gasteiger charge is -2.11. The van der Waals surface area contributed by atoms with Crippen molar-refractivity contribution in [3.63, 3.8) is 0 Å². The maximum absolute atomic E-state index is 12.5. The molecule has 0 spiro atoms. The normalized spacial score (nSPS) is 12.0. The summed E-state index contributed by atoms with van der Waals surface area (Å²) in [5, 5.41) is 10.9. The van der Waals surface area contributed by atoms with Gasteiger partial charge in [0.2, 0.25) is 0 Å². The highest BCUT2D eigenvalue weighted by molar-refractivity contribution is 6.32. The number of carbonyl (C=O) groups is 2. The van der Waals surface area contributed by atoms with Gasteiger partial charge in [-0.15, -0.1) is 0 Å². The zero-order valence-electron chi connectivity index (χ0n) is 16.9. The van der Waals surface area contributed by atoms with Crippen LogP contribution in [-0.4, -0.2) is 16.1 Å². The molecule has 3 aromatic rings. The first-order valence-corrected chi connectivity index (χ1v) is 10.5. The van der Waals surface area contributed by atoms with E-state index in [1.54, 1.807) is 18.2 Å². The van der Waals surface area contributed by atoms with Gasteiger partial charge in [-0.2, -0.15) is 5.26 Å². The number of nitriles is 1. The van der Waals surface area contributed by atoms with Crippen molar-refractivity contribution < 1.29 is 9.59 Å². The monoisotopic (exact) mass is 440 g/mol. The van der Waals surface area contributed by atoms with Gasteiger partial charge in [-0.3, -0.25) is 9.59 Å². The topological polar surface area (TPSA) is 62.9 Å². The van der Waals surface area contributed by atoms with E-state index >= 15 is 0 Å². The van der Waals surface area contributed by atoms with Crippen molar-refractivity contribution in [2.45, 2.75) is 32.6 Å². The van der Waals surface area contributed by atoms with Crippen LogP contribution >= 0.6 is 23.2 Å². The fourth-order valence-corrected chi connectivity index (χ4v) is 4.14. The maximum Gasteiger partial charge on any atom is 0.137 e. The molecule has 0 aliphatic carbocycles. The lowest BCUT2D eigenvalue weighted by atomic mass is 9.93. The van der Waals surface area contributed by atoms with Gasteiger partial charge in [0.25, 0.3) is 0 Å². The van der Waals surface area contributed by atoms with E-state index in [0.717, 1.165) is 22.0 Å². The molecule has 0 saturated heterocycles. The first-order valence-electron chi connectivity index (χ1n) is 9.72. The number of carbonyl (C=O) groups excluding carboxylic acids is 2. The van der Waals surface area contributed by atoms with E-state index in [0.29, 0.717) is 28.5 Å². The highest BCUT2D eigenvalue weighted by Crippen LogP contribution is 2.26. The summed E-state index contributed by atoms with van der Waals surface area (Å²) >= 11 is 12.4. The molecule has 0 fully saturated rings. The lowest BCUT2D eigenvalue weighted by molar-refractivity contribution is -0.121. The van der Waals surface area contributed by atoms with Crippen LogP contribution in [0.25, 0.3) is 10.9 Å². The average Bonchev–Trinajstić information content (AvgIpc) is 3.01. The second-order valence-electron chi connectivity index (χ2n) is 7.80. The van der Waals surface area contributed by atoms with Crippen molar-refractivity contribution in [1.82, 2.24) is 4.57 Å². The number of nitrogens with zero attached hydrogens (tertiary/aromatic N) is 2. The Bertz CT molecular complexity index is 1160. The SMILES string of the molecule is CC(CC(=O)Cc1ccc(C#N)c(Cl)c1)CC(=O)Cc1cc2ccn(C)c2cc1Cl. The lowest BCUT2D eigenvalue weighted by Crippen LogP contribution is -2.14. The standard InChI is InChI=1S/C24H22Cl2N2O2/c1-15(7-20(29)9-16-3-4-18(14-27)22(25)10-16)8-21(30)12-19-11-17-5-6-28(2)24(17)13-23(19)26/h3-6,10-11,13,15H,7-9,12H2,1-2H3. The fraction of sp³-hybridized carbons (Fsp3) is 0.292. The van der Waals surface area contributed by atoms with Crippen LogP contribution in [0.1, 0.15) is 36.5 Å². The summed E-state index contributed by atoms with van der Waals surface area (Å²) < 4.78 is 1.99. The Morgan fingerprint density at radius 2 is 1.73 bits per heavy atom. The van der Waals surface area contributed by atoms with E-state index < -0.39 is 0 Å². The molecule has 0 aliphatic heterocycles. The van der Waals surface area contributed by atoms with Crippen molar-refractivity contribution in [3.05, 3.63) is 69.3 Å². The van der Waals surface area contributed by atoms with Crippen LogP contribution in [0, 0.1) is 17.2 Å². The molecule has 0 aliphatic rings. The van der Waals surface area contributed by atoms with Crippen LogP contribution in [0.15, 0.2) is 42.6 Å². The number of halogens is 2. The summed E-state index contributed by atoms with van der Waals surface area (Å²) in [5.41, 5.74) is 2.99. The van der Waals surface area contributed by atoms with E-state index in [4.69, 9.17) is 28.5 Å². The first kappa shape index (κ1) is 22.1. The van der Waals surface area contributed by atoms with Gasteiger partial charge in [-0.05, 0) is 52.8 Å². The van der Waals surface area contributed by atoms with E-state index in [1.807, 2.05) is 49.0 Å². The van der Waals surface area contributed by atoms with Crippen LogP contribution < -0.4 is 0 Å². The molecule has 30 heavy (non-hydrogen) atoms. The molecule has 3 rings (SSSR count). The molecule has 2 aromatic carbocycles. The summed E-state index contributed by atoms with van der Waals surface area (Å²) in [6.45, 7) is 1.91. The molecule has 0 radical (unpaired) electrons. The van der Waals surface area contributed by atoms with Gasteiger partial charge in [0, 0.05) is 49.5 Å². The molecular formula is C24H22Cl2N2O2. The average molecular weight is 441 g/mol. The van der Waals surface area contributed by atoms with Crippen molar-refractivity contribution in [3.8, 4) is 6.07 Å². The van der Waals surface area contributed by atoms with Crippen molar-refractivity contribution in [1.29, 1.82) is 5.26 Å². The van der Waals surface area contributed by atoms with Gasteiger partial charge in [0.05, 0.1) is 10.6 Å². The third-order valence-corrected chi connectivity index (χ3v) is 5.81. The molecule has 0 N–H and O–H groups in total. The molecule has 1 aromatic heterocycles. The number of hydrogen-bond donors (Lipinski definition) is 0. The van der Waals surface area contributed by atoms with Gasteiger partial charge in [-0.1, -0.05) is 36.2 Å². The molecule has 4 nitrogen and oxygen atoms in total. The molecule has 1 heterocycles. The van der Waals surface area contributed by atoms with Crippen molar-refractivity contribution >= 4 is 45.7 Å². The summed E-state index contributed by atoms with van der Waals surface area (Å²) in [5.74, 6) is 0.0480. The minimum Gasteiger partial charge on any atom is -0.351 e. The third-order valence-electron chi connectivity index (χ3n) is 5.15. The summed E-state index contributed by atoms with van der Waals surface area (Å²) in [6.07, 6.45) is 3.09. The minimum atomic E-state index is -0.0573. The predicted molar refractivity (Wildman–Crippen MR) is 120 cm³/mol. The smallest absolute Gasteiger partial charge is 0.137 e. The van der Waals surface area contributed by atoms with Gasteiger partial charge < -0.3 is 4.57 Å². The molecule has 1 unspecified atom stereocenters. The van der Waals surface area contributed by atoms with Crippen LogP contribution in [0.2, 0.25) is 10.0 Å². The number of ketones is 2. The number of aromatic nitrogens is 1. The van der Waals surface area contributed by atoms with E-state index in [2.05, 4.69) is 0 Å². The molecule has 0 amide bonds. The second kappa shape index (κ2) is 9.47. The van der Waals surface area contributed by atoms with Crippen molar-refractivity contribution in [2.75, 3.05) is 0 Å². The van der Waals surface area contributed by atoms with Gasteiger partial charge in [0.1, 0.15) is 17.6 Å². The Labute approximate surface area is 186 Å². The molecule has 6 heteroatoms. The van der Waals surface area contributed by atoms with E-state index in [9.17, 15) is 9.59 Å². The van der Waals surface area contributed by atoms with E-state index in [-0.39, 0.29) is 30.3 Å². The molecule has 1 atom stereocenters. The third kappa shape index (κ3) is 5.30. The summed E-state index contributed by atoms with van der Waals surface area (Å²) in [7, 11) is 1.95. The fourth-order valence-electron chi connectivity index (χ4n) is 3.67. The van der Waals surface area contributed by atoms with Crippen LogP contribution in [0.3, 0.4) is 0 Å². The number of benzene rings is 2. The zero-order chi connectivity index (χ0) is 21.8. The summed E-state index contributed by atoms with van der Waals surface area (Å²) in [4.78, 5) is 24.9. The Hall–Kier alpha value is -2.61. The predicted octanol–water partition coefficient (Wildman–Crippen LogP) is 5.70. The first-order chi connectivity index (χ1) is 14.3. The zero-order valence-corrected chi connectivity index (χ0v) is 18.4. The molecular weight excluding hydrogens is 419 g/mol. The Morgan fingerprint density at radius 3 is 2.40 bits per heavy atom. The van der Waals surface area contributed by atoms with Crippen molar-refractivity contribution in [2.24, 2.45) is 13.0 Å². The molecule has 0 bridgehead atoms. The largest absolute Gasteiger partial charge is 0.351 e. The second-order valence-corrected chi connectivity index (χ2v) is 8.61. The molecule has 154 valence electrons. The highest BCUT2D eigenvalue weighted by atomic mass is 35.5. The minimum absolute atomic E-state index is 0.0415. The summed E-state index contributed by atoms with van der Waals surface area (Å²) in [6, 6.07) is 12.8. The number of fused-ring (bicyclic) bond motifs is 1. The molecule has 0 saturated carbocycles. The highest BCUT2D eigenvalue weighted by Gasteiger charge is 2.16. The number of rotatable bonds is 8. The van der Waals surface area contributed by atoms with Gasteiger partial charge in [-0.25, -0.2) is 0 Å². The Balaban J connectivity index is 1.55. The van der Waals surface area contributed by atoms with Crippen LogP contribution in [0.5, 0.6) is 0 Å². The quantitative estimate of drug-likeness (QED) is 0.451. The Kier molecular flexibility index (Phi) is 6.97. The van der Waals surface area contributed by atoms with Crippen LogP contribution in [0.4, 0.5) is 0 Å². The van der Waals surface area contributed by atoms with Crippen LogP contribution in [-0.2, 0) is 29.5 Å². The maximum atomic E-state index is 12.5. The number of hydrogen-bond acceptors (Lipinski definition) is 3. The van der Waals surface area contributed by atoms with Gasteiger partial charge in [0.15, 0.2) is 0 Å². The van der Waals surface area contributed by atoms with Gasteiger partial charge >= 0.3 is 0 Å². The van der Waals surface area contributed by atoms with E-state index in [1.165, 1.54) is 0 Å². The Morgan fingerprint density at radius 1 is 1.03 bits per heavy atom. The number of Topliss-reactive ketones (excluding diaryl/α,β-unsaturated/α-hetero) is 2. The number of aryl methyl sites for hydroxylation is 1.